The number of nitrogens with one attached hydrogen (secondary N) is 2. The smallest absolute Gasteiger partial charge is 0.407 e. The van der Waals surface area contributed by atoms with Gasteiger partial charge in [-0.1, -0.05) is 0 Å². The molecule has 2 aromatic rings. The highest BCUT2D eigenvalue weighted by molar-refractivity contribution is 6.02. The molecule has 2 unspecified atom stereocenters. The normalized spacial score (nSPS) is 19.6. The Hall–Kier alpha value is -3.25. The summed E-state index contributed by atoms with van der Waals surface area (Å²) in [5.74, 6) is 0.00723. The number of rotatable bonds is 7. The monoisotopic (exact) mass is 458 g/mol. The number of nitrogens with zero attached hydrogens (tertiary/aromatic N) is 4. The van der Waals surface area contributed by atoms with Crippen LogP contribution >= 0.6 is 0 Å². The topological polar surface area (TPSA) is 125 Å². The number of hydrogen-bond donors (Lipinski definition) is 3. The fraction of sp³-hybridized carbons (Fsp3) is 0.579. The minimum Gasteiger partial charge on any atom is -0.480 e. The number of aromatic nitrogens is 4. The second-order valence-electron chi connectivity index (χ2n) is 7.88. The highest BCUT2D eigenvalue weighted by Crippen LogP contribution is 2.38. The van der Waals surface area contributed by atoms with E-state index >= 15 is 0 Å². The molecule has 2 amide bonds. The first-order valence-electron chi connectivity index (χ1n) is 10.0. The summed E-state index contributed by atoms with van der Waals surface area (Å²) in [5, 5.41) is 23.1. The standard InChI is InChI=1S/C19H25F3N6O4/c1-10(9-19(20,21)22)28(18(30)31)12-5-4-11(6-12)13-7-15(25-24-13)23-17(29)14-8-16(32-3)26-27(14)2/h7-8,10-12H,4-6,9H2,1-3H3,(H,30,31)(H2,23,24,25,29)/t10-,11?,12?/m1/s1. The van der Waals surface area contributed by atoms with Crippen molar-refractivity contribution in [3.63, 3.8) is 0 Å². The third-order valence-corrected chi connectivity index (χ3v) is 5.60. The molecule has 1 fully saturated rings. The third kappa shape index (κ3) is 5.32. The maximum absolute atomic E-state index is 12.8. The van der Waals surface area contributed by atoms with Crippen LogP contribution in [0, 0.1) is 0 Å². The molecule has 1 aliphatic rings. The molecule has 0 bridgehead atoms. The lowest BCUT2D eigenvalue weighted by atomic mass is 10.0. The van der Waals surface area contributed by atoms with Gasteiger partial charge < -0.3 is 20.1 Å². The van der Waals surface area contributed by atoms with Crippen LogP contribution in [0.5, 0.6) is 5.88 Å². The van der Waals surface area contributed by atoms with E-state index in [1.807, 2.05) is 0 Å². The van der Waals surface area contributed by atoms with Crippen molar-refractivity contribution in [2.45, 2.75) is 56.8 Å². The largest absolute Gasteiger partial charge is 0.480 e. The van der Waals surface area contributed by atoms with Gasteiger partial charge in [0, 0.05) is 42.9 Å². The van der Waals surface area contributed by atoms with Crippen molar-refractivity contribution in [3.05, 3.63) is 23.5 Å². The van der Waals surface area contributed by atoms with E-state index < -0.39 is 36.7 Å². The quantitative estimate of drug-likeness (QED) is 0.584. The number of hydrogen-bond acceptors (Lipinski definition) is 5. The zero-order chi connectivity index (χ0) is 23.6. The van der Waals surface area contributed by atoms with Crippen molar-refractivity contribution in [1.82, 2.24) is 24.9 Å². The van der Waals surface area contributed by atoms with Crippen LogP contribution in [0.15, 0.2) is 12.1 Å². The van der Waals surface area contributed by atoms with Crippen LogP contribution in [0.1, 0.15) is 54.7 Å². The highest BCUT2D eigenvalue weighted by Gasteiger charge is 2.40. The number of anilines is 1. The number of aromatic amines is 1. The molecule has 0 saturated heterocycles. The zero-order valence-corrected chi connectivity index (χ0v) is 17.8. The van der Waals surface area contributed by atoms with Gasteiger partial charge >= 0.3 is 12.3 Å². The Kier molecular flexibility index (Phi) is 6.65. The number of ether oxygens (including phenoxy) is 1. The van der Waals surface area contributed by atoms with E-state index in [4.69, 9.17) is 4.74 Å². The first-order valence-corrected chi connectivity index (χ1v) is 10.0. The second kappa shape index (κ2) is 9.09. The molecule has 3 N–H and O–H groups in total. The van der Waals surface area contributed by atoms with E-state index in [0.717, 1.165) is 4.90 Å². The summed E-state index contributed by atoms with van der Waals surface area (Å²) in [6, 6.07) is 1.41. The predicted molar refractivity (Wildman–Crippen MR) is 107 cm³/mol. The van der Waals surface area contributed by atoms with Gasteiger partial charge in [0.2, 0.25) is 5.88 Å². The van der Waals surface area contributed by atoms with Crippen molar-refractivity contribution < 1.29 is 32.6 Å². The molecule has 0 aliphatic heterocycles. The fourth-order valence-electron chi connectivity index (χ4n) is 4.17. The number of amides is 2. The first-order chi connectivity index (χ1) is 15.0. The maximum Gasteiger partial charge on any atom is 0.407 e. The van der Waals surface area contributed by atoms with Crippen LogP contribution in [0.3, 0.4) is 0 Å². The molecule has 0 radical (unpaired) electrons. The SMILES string of the molecule is COc1cc(C(=O)Nc2cc(C3CCC(N(C(=O)O)[C@H](C)CC(F)(F)F)C3)[nH]n2)n(C)n1. The molecule has 3 rings (SSSR count). The summed E-state index contributed by atoms with van der Waals surface area (Å²) in [5.41, 5.74) is 0.947. The number of H-pyrrole nitrogens is 1. The molecule has 1 saturated carbocycles. The minimum atomic E-state index is -4.44. The minimum absolute atomic E-state index is 0.116. The van der Waals surface area contributed by atoms with Crippen molar-refractivity contribution in [2.24, 2.45) is 7.05 Å². The summed E-state index contributed by atoms with van der Waals surface area (Å²) in [4.78, 5) is 25.0. The van der Waals surface area contributed by atoms with Gasteiger partial charge in [0.1, 0.15) is 5.69 Å². The van der Waals surface area contributed by atoms with Crippen LogP contribution in [0.2, 0.25) is 0 Å². The summed E-state index contributed by atoms with van der Waals surface area (Å²) < 4.78 is 44.6. The lowest BCUT2D eigenvalue weighted by Crippen LogP contribution is -2.46. The Labute approximate surface area is 181 Å². The lowest BCUT2D eigenvalue weighted by Gasteiger charge is -2.32. The molecule has 3 atom stereocenters. The molecule has 13 heteroatoms. The molecular weight excluding hydrogens is 433 g/mol. The molecule has 0 spiro atoms. The molecule has 2 aromatic heterocycles. The number of aryl methyl sites for hydroxylation is 1. The Morgan fingerprint density at radius 2 is 2.12 bits per heavy atom. The average Bonchev–Trinajstić information content (AvgIpc) is 3.39. The average molecular weight is 458 g/mol. The van der Waals surface area contributed by atoms with Crippen LogP contribution < -0.4 is 10.1 Å². The molecule has 1 aliphatic carbocycles. The van der Waals surface area contributed by atoms with E-state index in [2.05, 4.69) is 20.6 Å². The Balaban J connectivity index is 1.64. The second-order valence-corrected chi connectivity index (χ2v) is 7.88. The third-order valence-electron chi connectivity index (χ3n) is 5.60. The molecule has 10 nitrogen and oxygen atoms in total. The summed E-state index contributed by atoms with van der Waals surface area (Å²) in [7, 11) is 3.04. The van der Waals surface area contributed by atoms with Gasteiger partial charge in [0.05, 0.1) is 13.5 Å². The molecule has 0 aromatic carbocycles. The van der Waals surface area contributed by atoms with Crippen LogP contribution in [0.25, 0.3) is 0 Å². The number of alkyl halides is 3. The number of carboxylic acid groups (broad SMARTS) is 1. The Morgan fingerprint density at radius 3 is 2.72 bits per heavy atom. The van der Waals surface area contributed by atoms with Crippen LogP contribution in [-0.2, 0) is 7.05 Å². The number of methoxy groups -OCH3 is 1. The predicted octanol–water partition coefficient (Wildman–Crippen LogP) is 3.36. The van der Waals surface area contributed by atoms with Gasteiger partial charge in [-0.05, 0) is 26.2 Å². The Bertz CT molecular complexity index is 973. The van der Waals surface area contributed by atoms with Gasteiger partial charge in [-0.2, -0.15) is 18.3 Å². The number of carbonyl (C=O) groups is 2. The summed E-state index contributed by atoms with van der Waals surface area (Å²) in [6.07, 6.45) is -5.62. The van der Waals surface area contributed by atoms with Gasteiger partial charge in [-0.25, -0.2) is 4.79 Å². The van der Waals surface area contributed by atoms with E-state index in [9.17, 15) is 27.9 Å². The van der Waals surface area contributed by atoms with Crippen LogP contribution in [-0.4, -0.2) is 67.4 Å². The molecular formula is C19H25F3N6O4. The summed E-state index contributed by atoms with van der Waals surface area (Å²) >= 11 is 0. The Morgan fingerprint density at radius 1 is 1.41 bits per heavy atom. The lowest BCUT2D eigenvalue weighted by molar-refractivity contribution is -0.145. The van der Waals surface area contributed by atoms with E-state index in [0.29, 0.717) is 30.8 Å². The van der Waals surface area contributed by atoms with Crippen molar-refractivity contribution >= 4 is 17.8 Å². The fourth-order valence-corrected chi connectivity index (χ4v) is 4.17. The number of halogens is 3. The summed E-state index contributed by atoms with van der Waals surface area (Å²) in [6.45, 7) is 1.27. The molecule has 176 valence electrons. The highest BCUT2D eigenvalue weighted by atomic mass is 19.4. The molecule has 32 heavy (non-hydrogen) atoms. The van der Waals surface area contributed by atoms with E-state index in [-0.39, 0.29) is 17.4 Å². The first kappa shape index (κ1) is 23.4. The van der Waals surface area contributed by atoms with Gasteiger partial charge in [-0.15, -0.1) is 5.10 Å². The number of carbonyl (C=O) groups excluding carboxylic acids is 1. The van der Waals surface area contributed by atoms with Crippen molar-refractivity contribution in [2.75, 3.05) is 12.4 Å². The van der Waals surface area contributed by atoms with Gasteiger partial charge in [0.25, 0.3) is 5.91 Å². The van der Waals surface area contributed by atoms with E-state index in [1.54, 1.807) is 13.1 Å². The van der Waals surface area contributed by atoms with Crippen LogP contribution in [0.4, 0.5) is 23.8 Å². The van der Waals surface area contributed by atoms with Crippen molar-refractivity contribution in [3.8, 4) is 5.88 Å². The van der Waals surface area contributed by atoms with Gasteiger partial charge in [0.15, 0.2) is 5.82 Å². The van der Waals surface area contributed by atoms with Gasteiger partial charge in [-0.3, -0.25) is 14.6 Å². The zero-order valence-electron chi connectivity index (χ0n) is 17.8. The van der Waals surface area contributed by atoms with Crippen molar-refractivity contribution in [1.29, 1.82) is 0 Å². The van der Waals surface area contributed by atoms with E-state index in [1.165, 1.54) is 24.8 Å². The maximum atomic E-state index is 12.8. The molecule has 2 heterocycles.